The number of rotatable bonds is 5. The SMILES string of the molecule is COc1ccc(C(=O)CNC(=O)C2CC2)cc1. The molecule has 1 amide bonds. The molecule has 0 heterocycles. The fourth-order valence-corrected chi connectivity index (χ4v) is 1.54. The van der Waals surface area contributed by atoms with Crippen LogP contribution in [0.1, 0.15) is 23.2 Å². The van der Waals surface area contributed by atoms with Crippen LogP contribution in [-0.2, 0) is 4.79 Å². The molecule has 1 aliphatic rings. The molecule has 1 aromatic carbocycles. The van der Waals surface area contributed by atoms with E-state index in [0.29, 0.717) is 11.3 Å². The summed E-state index contributed by atoms with van der Waals surface area (Å²) < 4.78 is 5.01. The van der Waals surface area contributed by atoms with Crippen LogP contribution in [0.4, 0.5) is 0 Å². The highest BCUT2D eigenvalue weighted by molar-refractivity contribution is 5.99. The second kappa shape index (κ2) is 4.99. The van der Waals surface area contributed by atoms with E-state index in [0.717, 1.165) is 12.8 Å². The van der Waals surface area contributed by atoms with Crippen LogP contribution in [0.2, 0.25) is 0 Å². The zero-order valence-corrected chi connectivity index (χ0v) is 9.73. The van der Waals surface area contributed by atoms with Crippen molar-refractivity contribution in [2.45, 2.75) is 12.8 Å². The minimum Gasteiger partial charge on any atom is -0.497 e. The lowest BCUT2D eigenvalue weighted by Crippen LogP contribution is -2.30. The highest BCUT2D eigenvalue weighted by Gasteiger charge is 2.29. The standard InChI is InChI=1S/C13H15NO3/c1-17-11-6-4-9(5-7-11)12(15)8-14-13(16)10-2-3-10/h4-7,10H,2-3,8H2,1H3,(H,14,16). The second-order valence-electron chi connectivity index (χ2n) is 4.14. The zero-order chi connectivity index (χ0) is 12.3. The quantitative estimate of drug-likeness (QED) is 0.782. The second-order valence-corrected chi connectivity index (χ2v) is 4.14. The number of ether oxygens (including phenoxy) is 1. The Morgan fingerprint density at radius 2 is 1.94 bits per heavy atom. The summed E-state index contributed by atoms with van der Waals surface area (Å²) in [7, 11) is 1.58. The molecule has 0 atom stereocenters. The van der Waals surface area contributed by atoms with E-state index in [2.05, 4.69) is 5.32 Å². The molecule has 0 radical (unpaired) electrons. The zero-order valence-electron chi connectivity index (χ0n) is 9.73. The van der Waals surface area contributed by atoms with Gasteiger partial charge in [0.1, 0.15) is 5.75 Å². The Balaban J connectivity index is 1.87. The van der Waals surface area contributed by atoms with Crippen LogP contribution in [0, 0.1) is 5.92 Å². The first-order valence-corrected chi connectivity index (χ1v) is 5.65. The Labute approximate surface area is 100.0 Å². The highest BCUT2D eigenvalue weighted by atomic mass is 16.5. The van der Waals surface area contributed by atoms with E-state index in [1.54, 1.807) is 31.4 Å². The van der Waals surface area contributed by atoms with Crippen molar-refractivity contribution in [3.05, 3.63) is 29.8 Å². The maximum absolute atomic E-state index is 11.7. The number of Topliss-reactive ketones (excluding diaryl/α,β-unsaturated/α-hetero) is 1. The van der Waals surface area contributed by atoms with Crippen LogP contribution in [0.3, 0.4) is 0 Å². The summed E-state index contributed by atoms with van der Waals surface area (Å²) in [6.07, 6.45) is 1.89. The molecule has 4 heteroatoms. The van der Waals surface area contributed by atoms with Crippen LogP contribution >= 0.6 is 0 Å². The first-order chi connectivity index (χ1) is 8.20. The molecular formula is C13H15NO3. The van der Waals surface area contributed by atoms with E-state index < -0.39 is 0 Å². The van der Waals surface area contributed by atoms with Gasteiger partial charge in [-0.2, -0.15) is 0 Å². The van der Waals surface area contributed by atoms with Gasteiger partial charge in [0.15, 0.2) is 5.78 Å². The molecule has 2 rings (SSSR count). The third kappa shape index (κ3) is 3.06. The molecule has 1 saturated carbocycles. The fraction of sp³-hybridized carbons (Fsp3) is 0.385. The molecule has 0 aliphatic heterocycles. The van der Waals surface area contributed by atoms with Crippen molar-refractivity contribution in [1.29, 1.82) is 0 Å². The number of hydrogen-bond donors (Lipinski definition) is 1. The third-order valence-electron chi connectivity index (χ3n) is 2.78. The van der Waals surface area contributed by atoms with Crippen LogP contribution in [-0.4, -0.2) is 25.3 Å². The highest BCUT2D eigenvalue weighted by Crippen LogP contribution is 2.28. The topological polar surface area (TPSA) is 55.4 Å². The molecule has 0 unspecified atom stereocenters. The lowest BCUT2D eigenvalue weighted by Gasteiger charge is -2.04. The molecular weight excluding hydrogens is 218 g/mol. The van der Waals surface area contributed by atoms with E-state index >= 15 is 0 Å². The monoisotopic (exact) mass is 233 g/mol. The molecule has 1 aliphatic carbocycles. The summed E-state index contributed by atoms with van der Waals surface area (Å²) in [6, 6.07) is 6.86. The van der Waals surface area contributed by atoms with E-state index in [4.69, 9.17) is 4.74 Å². The van der Waals surface area contributed by atoms with Gasteiger partial charge in [0.05, 0.1) is 13.7 Å². The smallest absolute Gasteiger partial charge is 0.223 e. The summed E-state index contributed by atoms with van der Waals surface area (Å²) in [6.45, 7) is 0.0711. The molecule has 1 N–H and O–H groups in total. The molecule has 4 nitrogen and oxygen atoms in total. The van der Waals surface area contributed by atoms with Gasteiger partial charge in [-0.25, -0.2) is 0 Å². The van der Waals surface area contributed by atoms with Crippen molar-refractivity contribution in [3.8, 4) is 5.75 Å². The molecule has 0 bridgehead atoms. The maximum Gasteiger partial charge on any atom is 0.223 e. The van der Waals surface area contributed by atoms with Gasteiger partial charge in [-0.3, -0.25) is 9.59 Å². The van der Waals surface area contributed by atoms with Crippen molar-refractivity contribution in [3.63, 3.8) is 0 Å². The number of methoxy groups -OCH3 is 1. The van der Waals surface area contributed by atoms with Crippen LogP contribution < -0.4 is 10.1 Å². The number of benzene rings is 1. The Morgan fingerprint density at radius 3 is 2.47 bits per heavy atom. The molecule has 0 spiro atoms. The Hall–Kier alpha value is -1.84. The van der Waals surface area contributed by atoms with Crippen LogP contribution in [0.15, 0.2) is 24.3 Å². The fourth-order valence-electron chi connectivity index (χ4n) is 1.54. The van der Waals surface area contributed by atoms with Gasteiger partial charge < -0.3 is 10.1 Å². The number of amides is 1. The van der Waals surface area contributed by atoms with Crippen molar-refractivity contribution in [2.75, 3.05) is 13.7 Å². The minimum atomic E-state index is -0.0818. The maximum atomic E-state index is 11.7. The average Bonchev–Trinajstić information content (AvgIpc) is 3.20. The number of carbonyl (C=O) groups is 2. The minimum absolute atomic E-state index is 0.00754. The average molecular weight is 233 g/mol. The van der Waals surface area contributed by atoms with Gasteiger partial charge in [0, 0.05) is 11.5 Å². The summed E-state index contributed by atoms with van der Waals surface area (Å²) in [5.41, 5.74) is 0.585. The van der Waals surface area contributed by atoms with E-state index in [-0.39, 0.29) is 24.2 Å². The van der Waals surface area contributed by atoms with Crippen molar-refractivity contribution in [2.24, 2.45) is 5.92 Å². The molecule has 17 heavy (non-hydrogen) atoms. The van der Waals surface area contributed by atoms with Gasteiger partial charge >= 0.3 is 0 Å². The van der Waals surface area contributed by atoms with E-state index in [1.807, 2.05) is 0 Å². The summed E-state index contributed by atoms with van der Waals surface area (Å²) >= 11 is 0. The summed E-state index contributed by atoms with van der Waals surface area (Å²) in [4.78, 5) is 23.1. The lowest BCUT2D eigenvalue weighted by molar-refractivity contribution is -0.122. The third-order valence-corrected chi connectivity index (χ3v) is 2.78. The van der Waals surface area contributed by atoms with Gasteiger partial charge in [-0.1, -0.05) is 0 Å². The molecule has 1 aromatic rings. The van der Waals surface area contributed by atoms with Crippen molar-refractivity contribution in [1.82, 2.24) is 5.32 Å². The normalized spacial score (nSPS) is 14.2. The van der Waals surface area contributed by atoms with E-state index in [1.165, 1.54) is 0 Å². The number of hydrogen-bond acceptors (Lipinski definition) is 3. The van der Waals surface area contributed by atoms with Crippen LogP contribution in [0.25, 0.3) is 0 Å². The molecule has 90 valence electrons. The molecule has 0 aromatic heterocycles. The van der Waals surface area contributed by atoms with E-state index in [9.17, 15) is 9.59 Å². The summed E-state index contributed by atoms with van der Waals surface area (Å²) in [5.74, 6) is 0.760. The number of ketones is 1. The van der Waals surface area contributed by atoms with Crippen LogP contribution in [0.5, 0.6) is 5.75 Å². The molecule has 0 saturated heterocycles. The summed E-state index contributed by atoms with van der Waals surface area (Å²) in [5, 5.41) is 2.65. The van der Waals surface area contributed by atoms with Gasteiger partial charge in [-0.15, -0.1) is 0 Å². The number of nitrogens with one attached hydrogen (secondary N) is 1. The van der Waals surface area contributed by atoms with Crippen molar-refractivity contribution < 1.29 is 14.3 Å². The Morgan fingerprint density at radius 1 is 1.29 bits per heavy atom. The van der Waals surface area contributed by atoms with Gasteiger partial charge in [-0.05, 0) is 37.1 Å². The first kappa shape index (κ1) is 11.6. The predicted molar refractivity (Wildman–Crippen MR) is 63.1 cm³/mol. The Kier molecular flexibility index (Phi) is 3.42. The van der Waals surface area contributed by atoms with Gasteiger partial charge in [0.2, 0.25) is 5.91 Å². The lowest BCUT2D eigenvalue weighted by atomic mass is 10.1. The largest absolute Gasteiger partial charge is 0.497 e. The molecule has 1 fully saturated rings. The Bertz CT molecular complexity index is 421. The van der Waals surface area contributed by atoms with Gasteiger partial charge in [0.25, 0.3) is 0 Å². The number of carbonyl (C=O) groups excluding carboxylic acids is 2. The first-order valence-electron chi connectivity index (χ1n) is 5.65. The van der Waals surface area contributed by atoms with Crippen molar-refractivity contribution >= 4 is 11.7 Å². The predicted octanol–water partition coefficient (Wildman–Crippen LogP) is 1.40.